The van der Waals surface area contributed by atoms with Crippen LogP contribution in [0.2, 0.25) is 0 Å². The SMILES string of the molecule is O=C(N/N=C/c1cn(Cc2ccc(F)cc2)c2ccccc12)c1cc2ccccc2o1. The lowest BCUT2D eigenvalue weighted by atomic mass is 10.2. The Labute approximate surface area is 177 Å². The highest BCUT2D eigenvalue weighted by Crippen LogP contribution is 2.22. The Kier molecular flexibility index (Phi) is 4.80. The number of nitrogens with one attached hydrogen (secondary N) is 1. The predicted octanol–water partition coefficient (Wildman–Crippen LogP) is 5.34. The number of benzene rings is 3. The number of hydrazone groups is 1. The second kappa shape index (κ2) is 7.91. The highest BCUT2D eigenvalue weighted by molar-refractivity contribution is 6.01. The van der Waals surface area contributed by atoms with Gasteiger partial charge in [0.15, 0.2) is 5.76 Å². The summed E-state index contributed by atoms with van der Waals surface area (Å²) in [6.07, 6.45) is 3.58. The fourth-order valence-corrected chi connectivity index (χ4v) is 3.60. The fraction of sp³-hybridized carbons (Fsp3) is 0.0400. The number of rotatable bonds is 5. The summed E-state index contributed by atoms with van der Waals surface area (Å²) in [4.78, 5) is 12.4. The van der Waals surface area contributed by atoms with Gasteiger partial charge >= 0.3 is 5.91 Å². The van der Waals surface area contributed by atoms with E-state index in [0.29, 0.717) is 12.1 Å². The van der Waals surface area contributed by atoms with Gasteiger partial charge in [0.2, 0.25) is 0 Å². The summed E-state index contributed by atoms with van der Waals surface area (Å²) in [5.41, 5.74) is 6.06. The van der Waals surface area contributed by atoms with Crippen molar-refractivity contribution in [3.05, 3.63) is 108 Å². The van der Waals surface area contributed by atoms with E-state index in [0.717, 1.165) is 27.4 Å². The number of aromatic nitrogens is 1. The average molecular weight is 411 g/mol. The summed E-state index contributed by atoms with van der Waals surface area (Å²) in [6.45, 7) is 0.597. The zero-order valence-corrected chi connectivity index (χ0v) is 16.5. The Morgan fingerprint density at radius 3 is 2.65 bits per heavy atom. The van der Waals surface area contributed by atoms with Crippen molar-refractivity contribution in [1.82, 2.24) is 9.99 Å². The molecule has 5 aromatic rings. The maximum atomic E-state index is 13.2. The van der Waals surface area contributed by atoms with E-state index >= 15 is 0 Å². The largest absolute Gasteiger partial charge is 0.451 e. The van der Waals surface area contributed by atoms with Gasteiger partial charge in [-0.25, -0.2) is 9.82 Å². The first-order valence-electron chi connectivity index (χ1n) is 9.82. The molecular formula is C25H18FN3O2. The molecule has 0 unspecified atom stereocenters. The van der Waals surface area contributed by atoms with Crippen molar-refractivity contribution >= 4 is 34.0 Å². The van der Waals surface area contributed by atoms with Crippen molar-refractivity contribution in [3.63, 3.8) is 0 Å². The van der Waals surface area contributed by atoms with Gasteiger partial charge in [-0.1, -0.05) is 48.5 Å². The quantitative estimate of drug-likeness (QED) is 0.314. The van der Waals surface area contributed by atoms with Gasteiger partial charge in [-0.2, -0.15) is 5.10 Å². The number of carbonyl (C=O) groups excluding carboxylic acids is 1. The summed E-state index contributed by atoms with van der Waals surface area (Å²) in [5.74, 6) is -0.464. The number of hydrogen-bond acceptors (Lipinski definition) is 3. The van der Waals surface area contributed by atoms with Crippen molar-refractivity contribution in [2.45, 2.75) is 6.54 Å². The third kappa shape index (κ3) is 3.83. The molecule has 152 valence electrons. The van der Waals surface area contributed by atoms with Gasteiger partial charge in [-0.05, 0) is 35.9 Å². The van der Waals surface area contributed by atoms with Crippen LogP contribution in [0.15, 0.2) is 94.6 Å². The molecule has 0 radical (unpaired) electrons. The van der Waals surface area contributed by atoms with E-state index in [9.17, 15) is 9.18 Å². The minimum absolute atomic E-state index is 0.206. The molecule has 6 heteroatoms. The zero-order chi connectivity index (χ0) is 21.2. The van der Waals surface area contributed by atoms with Gasteiger partial charge in [0.05, 0.1) is 6.21 Å². The normalized spacial score (nSPS) is 11.5. The molecule has 0 fully saturated rings. The van der Waals surface area contributed by atoms with E-state index in [1.165, 1.54) is 12.1 Å². The lowest BCUT2D eigenvalue weighted by Gasteiger charge is -2.05. The molecular weight excluding hydrogens is 393 g/mol. The Morgan fingerprint density at radius 2 is 1.81 bits per heavy atom. The van der Waals surface area contributed by atoms with E-state index < -0.39 is 5.91 Å². The molecule has 5 nitrogen and oxygen atoms in total. The first-order chi connectivity index (χ1) is 15.2. The monoisotopic (exact) mass is 411 g/mol. The molecule has 31 heavy (non-hydrogen) atoms. The summed E-state index contributed by atoms with van der Waals surface area (Å²) in [6, 6.07) is 23.5. The molecule has 1 N–H and O–H groups in total. The molecule has 0 saturated carbocycles. The maximum absolute atomic E-state index is 13.2. The fourth-order valence-electron chi connectivity index (χ4n) is 3.60. The first-order valence-corrected chi connectivity index (χ1v) is 9.82. The second-order valence-electron chi connectivity index (χ2n) is 7.20. The molecule has 2 heterocycles. The van der Waals surface area contributed by atoms with E-state index in [4.69, 9.17) is 4.42 Å². The lowest BCUT2D eigenvalue weighted by Crippen LogP contribution is -2.16. The topological polar surface area (TPSA) is 59.5 Å². The van der Waals surface area contributed by atoms with Crippen molar-refractivity contribution in [3.8, 4) is 0 Å². The lowest BCUT2D eigenvalue weighted by molar-refractivity contribution is 0.0929. The number of nitrogens with zero attached hydrogens (tertiary/aromatic N) is 2. The number of hydrogen-bond donors (Lipinski definition) is 1. The van der Waals surface area contributed by atoms with Crippen molar-refractivity contribution in [1.29, 1.82) is 0 Å². The average Bonchev–Trinajstić information content (AvgIpc) is 3.37. The highest BCUT2D eigenvalue weighted by Gasteiger charge is 2.11. The Morgan fingerprint density at radius 1 is 1.03 bits per heavy atom. The van der Waals surface area contributed by atoms with Crippen LogP contribution in [0.1, 0.15) is 21.7 Å². The number of halogens is 1. The third-order valence-electron chi connectivity index (χ3n) is 5.10. The second-order valence-corrected chi connectivity index (χ2v) is 7.20. The van der Waals surface area contributed by atoms with Gasteiger partial charge < -0.3 is 8.98 Å². The van der Waals surface area contributed by atoms with Crippen molar-refractivity contribution in [2.75, 3.05) is 0 Å². The van der Waals surface area contributed by atoms with Gasteiger partial charge in [0.1, 0.15) is 11.4 Å². The molecule has 0 aliphatic heterocycles. The number of fused-ring (bicyclic) bond motifs is 2. The van der Waals surface area contributed by atoms with E-state index in [2.05, 4.69) is 15.1 Å². The molecule has 5 rings (SSSR count). The van der Waals surface area contributed by atoms with Crippen LogP contribution >= 0.6 is 0 Å². The number of amides is 1. The Balaban J connectivity index is 1.37. The maximum Gasteiger partial charge on any atom is 0.307 e. The van der Waals surface area contributed by atoms with Crippen LogP contribution < -0.4 is 5.43 Å². The van der Waals surface area contributed by atoms with E-state index in [1.807, 2.05) is 54.7 Å². The molecule has 2 aromatic heterocycles. The molecule has 0 bridgehead atoms. The number of carbonyl (C=O) groups is 1. The van der Waals surface area contributed by atoms with Crippen LogP contribution in [0.25, 0.3) is 21.9 Å². The predicted molar refractivity (Wildman–Crippen MR) is 119 cm³/mol. The van der Waals surface area contributed by atoms with Gasteiger partial charge in [-0.3, -0.25) is 4.79 Å². The van der Waals surface area contributed by atoms with Crippen LogP contribution in [-0.4, -0.2) is 16.7 Å². The van der Waals surface area contributed by atoms with Crippen LogP contribution in [0.4, 0.5) is 4.39 Å². The molecule has 0 saturated heterocycles. The summed E-state index contributed by atoms with van der Waals surface area (Å²) in [7, 11) is 0. The Hall–Kier alpha value is -4.19. The van der Waals surface area contributed by atoms with Crippen LogP contribution in [0, 0.1) is 5.82 Å². The summed E-state index contributed by atoms with van der Waals surface area (Å²) < 4.78 is 20.8. The smallest absolute Gasteiger partial charge is 0.307 e. The molecule has 0 spiro atoms. The Bertz CT molecular complexity index is 1380. The third-order valence-corrected chi connectivity index (χ3v) is 5.10. The molecule has 1 amide bonds. The first kappa shape index (κ1) is 18.8. The molecule has 0 atom stereocenters. The van der Waals surface area contributed by atoms with Crippen molar-refractivity contribution in [2.24, 2.45) is 5.10 Å². The summed E-state index contributed by atoms with van der Waals surface area (Å²) >= 11 is 0. The van der Waals surface area contributed by atoms with Gasteiger partial charge in [0.25, 0.3) is 0 Å². The number of furan rings is 1. The van der Waals surface area contributed by atoms with Crippen LogP contribution in [-0.2, 0) is 6.54 Å². The van der Waals surface area contributed by atoms with Crippen LogP contribution in [0.3, 0.4) is 0 Å². The van der Waals surface area contributed by atoms with Crippen molar-refractivity contribution < 1.29 is 13.6 Å². The molecule has 0 aliphatic carbocycles. The highest BCUT2D eigenvalue weighted by atomic mass is 19.1. The van der Waals surface area contributed by atoms with E-state index in [1.54, 1.807) is 24.4 Å². The van der Waals surface area contributed by atoms with Crippen LogP contribution in [0.5, 0.6) is 0 Å². The summed E-state index contributed by atoms with van der Waals surface area (Å²) in [5, 5.41) is 5.99. The minimum atomic E-state index is -0.414. The minimum Gasteiger partial charge on any atom is -0.451 e. The molecule has 3 aromatic carbocycles. The van der Waals surface area contributed by atoms with Gasteiger partial charge in [-0.15, -0.1) is 0 Å². The van der Waals surface area contributed by atoms with E-state index in [-0.39, 0.29) is 11.6 Å². The van der Waals surface area contributed by atoms with Gasteiger partial charge in [0, 0.05) is 34.6 Å². The number of para-hydroxylation sites is 2. The zero-order valence-electron chi connectivity index (χ0n) is 16.5. The molecule has 0 aliphatic rings. The standard InChI is InChI=1S/C25H18FN3O2/c26-20-11-9-17(10-12-20)15-29-16-19(21-6-2-3-7-22(21)29)14-27-28-25(30)24-13-18-5-1-4-8-23(18)31-24/h1-14,16H,15H2,(H,28,30)/b27-14+.